The second-order valence-corrected chi connectivity index (χ2v) is 7.97. The van der Waals surface area contributed by atoms with Crippen molar-refractivity contribution in [2.75, 3.05) is 13.1 Å². The SMILES string of the molecule is CC(=O)NCCCCCC(=O)N[C@@H](CCCN[C@@H]1NN1[N+](=O)[O-])C(=O)N[CH]CC(C)C. The van der Waals surface area contributed by atoms with Crippen LogP contribution in [0, 0.1) is 22.6 Å². The van der Waals surface area contributed by atoms with Gasteiger partial charge in [0.05, 0.1) is 0 Å². The molecule has 5 N–H and O–H groups in total. The summed E-state index contributed by atoms with van der Waals surface area (Å²) in [5, 5.41) is 22.1. The van der Waals surface area contributed by atoms with Gasteiger partial charge < -0.3 is 16.0 Å². The van der Waals surface area contributed by atoms with Gasteiger partial charge in [0.15, 0.2) is 5.03 Å². The summed E-state index contributed by atoms with van der Waals surface area (Å²) < 4.78 is 0. The van der Waals surface area contributed by atoms with E-state index in [9.17, 15) is 24.5 Å². The molecule has 1 fully saturated rings. The van der Waals surface area contributed by atoms with Gasteiger partial charge in [-0.2, -0.15) is 0 Å². The van der Waals surface area contributed by atoms with E-state index in [4.69, 9.17) is 0 Å². The van der Waals surface area contributed by atoms with E-state index in [0.717, 1.165) is 24.4 Å². The molecule has 1 radical (unpaired) electrons. The molecule has 3 amide bonds. The zero-order valence-electron chi connectivity index (χ0n) is 18.6. The molecule has 1 aliphatic heterocycles. The Labute approximate surface area is 183 Å². The van der Waals surface area contributed by atoms with Gasteiger partial charge in [0, 0.05) is 26.4 Å². The fourth-order valence-corrected chi connectivity index (χ4v) is 2.79. The third kappa shape index (κ3) is 12.7. The maximum absolute atomic E-state index is 12.5. The summed E-state index contributed by atoms with van der Waals surface area (Å²) in [5.74, 6) is -0.125. The van der Waals surface area contributed by atoms with Crippen LogP contribution in [-0.2, 0) is 14.4 Å². The van der Waals surface area contributed by atoms with Crippen LogP contribution in [0.3, 0.4) is 0 Å². The van der Waals surface area contributed by atoms with Crippen molar-refractivity contribution in [1.29, 1.82) is 0 Å². The van der Waals surface area contributed by atoms with Gasteiger partial charge >= 0.3 is 0 Å². The highest BCUT2D eigenvalue weighted by Gasteiger charge is 2.43. The Kier molecular flexibility index (Phi) is 12.4. The fourth-order valence-electron chi connectivity index (χ4n) is 2.79. The molecule has 0 bridgehead atoms. The van der Waals surface area contributed by atoms with Crippen LogP contribution in [0.1, 0.15) is 65.7 Å². The minimum absolute atomic E-state index is 0.0704. The Morgan fingerprint density at radius 2 is 1.90 bits per heavy atom. The molecule has 1 heterocycles. The monoisotopic (exact) mass is 442 g/mol. The Hall–Kier alpha value is -2.47. The largest absolute Gasteiger partial charge is 0.356 e. The minimum Gasteiger partial charge on any atom is -0.356 e. The van der Waals surface area contributed by atoms with Gasteiger partial charge in [0.25, 0.3) is 0 Å². The van der Waals surface area contributed by atoms with Gasteiger partial charge in [-0.15, -0.1) is 5.43 Å². The molecule has 1 rings (SSSR count). The number of amides is 3. The van der Waals surface area contributed by atoms with E-state index >= 15 is 0 Å². The number of nitro groups is 1. The highest BCUT2D eigenvalue weighted by molar-refractivity contribution is 5.87. The fraction of sp³-hybridized carbons (Fsp3) is 0.789. The summed E-state index contributed by atoms with van der Waals surface area (Å²) >= 11 is 0. The predicted molar refractivity (Wildman–Crippen MR) is 114 cm³/mol. The molecule has 0 unspecified atom stereocenters. The maximum Gasteiger partial charge on any atom is 0.242 e. The average molecular weight is 443 g/mol. The van der Waals surface area contributed by atoms with Crippen LogP contribution in [-0.4, -0.2) is 53.3 Å². The molecular weight excluding hydrogens is 406 g/mol. The van der Waals surface area contributed by atoms with Crippen molar-refractivity contribution in [3.05, 3.63) is 16.7 Å². The van der Waals surface area contributed by atoms with Gasteiger partial charge in [-0.05, 0) is 49.7 Å². The van der Waals surface area contributed by atoms with Crippen molar-refractivity contribution < 1.29 is 19.4 Å². The van der Waals surface area contributed by atoms with E-state index in [-0.39, 0.29) is 17.7 Å². The molecule has 177 valence electrons. The van der Waals surface area contributed by atoms with Gasteiger partial charge in [-0.3, -0.25) is 19.7 Å². The lowest BCUT2D eigenvalue weighted by Gasteiger charge is -2.19. The van der Waals surface area contributed by atoms with Crippen molar-refractivity contribution in [3.63, 3.8) is 0 Å². The minimum atomic E-state index is -0.670. The number of rotatable bonds is 17. The van der Waals surface area contributed by atoms with E-state index in [1.807, 2.05) is 13.8 Å². The molecule has 0 saturated carbocycles. The Morgan fingerprint density at radius 1 is 1.16 bits per heavy atom. The molecule has 0 spiro atoms. The second-order valence-electron chi connectivity index (χ2n) is 7.97. The number of nitrogens with zero attached hydrogens (tertiary/aromatic N) is 2. The lowest BCUT2D eigenvalue weighted by atomic mass is 10.1. The zero-order valence-corrected chi connectivity index (χ0v) is 18.6. The molecule has 12 heteroatoms. The molecule has 12 nitrogen and oxygen atoms in total. The van der Waals surface area contributed by atoms with E-state index in [1.165, 1.54) is 6.92 Å². The van der Waals surface area contributed by atoms with Gasteiger partial charge in [0.2, 0.25) is 24.0 Å². The smallest absolute Gasteiger partial charge is 0.242 e. The van der Waals surface area contributed by atoms with Gasteiger partial charge in [0.1, 0.15) is 6.04 Å². The standard InChI is InChI=1S/C19H36N7O5/c1-14(2)10-13-21-18(29)16(8-7-12-22-19-24-25(19)26(30)31)23-17(28)9-5-4-6-11-20-15(3)27/h13-14,16,19,22,24H,4-12H2,1-3H3,(H,20,27)(H,21,29)(H,23,28)/t16-,19+,25?/m0/s1. The second kappa shape index (κ2) is 14.5. The van der Waals surface area contributed by atoms with Crippen LogP contribution in [0.4, 0.5) is 0 Å². The summed E-state index contributed by atoms with van der Waals surface area (Å²) in [7, 11) is 0. The number of hydrogen-bond acceptors (Lipinski definition) is 7. The first-order valence-electron chi connectivity index (χ1n) is 10.8. The van der Waals surface area contributed by atoms with E-state index in [2.05, 4.69) is 26.7 Å². The van der Waals surface area contributed by atoms with Crippen molar-refractivity contribution in [2.24, 2.45) is 5.92 Å². The molecule has 0 aromatic heterocycles. The normalized spacial score (nSPS) is 16.0. The highest BCUT2D eigenvalue weighted by Crippen LogP contribution is 2.07. The first kappa shape index (κ1) is 26.6. The van der Waals surface area contributed by atoms with Crippen molar-refractivity contribution in [2.45, 2.75) is 78.0 Å². The van der Waals surface area contributed by atoms with Gasteiger partial charge in [-0.25, -0.2) is 10.1 Å². The molecule has 31 heavy (non-hydrogen) atoms. The third-order valence-corrected chi connectivity index (χ3v) is 4.55. The summed E-state index contributed by atoms with van der Waals surface area (Å²) in [5.41, 5.74) is 2.54. The van der Waals surface area contributed by atoms with Crippen LogP contribution >= 0.6 is 0 Å². The van der Waals surface area contributed by atoms with E-state index in [1.54, 1.807) is 6.54 Å². The Balaban J connectivity index is 2.34. The number of hydrogen-bond donors (Lipinski definition) is 5. The quantitative estimate of drug-likeness (QED) is 0.0918. The van der Waals surface area contributed by atoms with E-state index < -0.39 is 17.4 Å². The van der Waals surface area contributed by atoms with Gasteiger partial charge in [-0.1, -0.05) is 20.3 Å². The first-order chi connectivity index (χ1) is 14.7. The molecule has 0 aromatic rings. The number of nitrogens with one attached hydrogen (secondary N) is 5. The van der Waals surface area contributed by atoms with Crippen LogP contribution in [0.5, 0.6) is 0 Å². The number of unbranched alkanes of at least 4 members (excludes halogenated alkanes) is 2. The Morgan fingerprint density at radius 3 is 2.52 bits per heavy atom. The average Bonchev–Trinajstić information content (AvgIpc) is 3.46. The van der Waals surface area contributed by atoms with Crippen LogP contribution in [0.15, 0.2) is 0 Å². The third-order valence-electron chi connectivity index (χ3n) is 4.55. The summed E-state index contributed by atoms with van der Waals surface area (Å²) in [6.07, 6.45) is 3.77. The molecule has 0 aliphatic carbocycles. The molecule has 0 aromatic carbocycles. The lowest BCUT2D eigenvalue weighted by molar-refractivity contribution is -0.627. The topological polar surface area (TPSA) is 167 Å². The van der Waals surface area contributed by atoms with Crippen molar-refractivity contribution >= 4 is 17.7 Å². The number of hydrazine groups is 2. The predicted octanol–water partition coefficient (Wildman–Crippen LogP) is 0.157. The molecule has 2 atom stereocenters. The highest BCUT2D eigenvalue weighted by atomic mass is 16.7. The van der Waals surface area contributed by atoms with Crippen molar-refractivity contribution in [3.8, 4) is 0 Å². The lowest BCUT2D eigenvalue weighted by Crippen LogP contribution is -2.46. The first-order valence-corrected chi connectivity index (χ1v) is 10.8. The molecule has 1 aliphatic rings. The van der Waals surface area contributed by atoms with Crippen LogP contribution < -0.4 is 26.7 Å². The molecular formula is C19H36N7O5. The van der Waals surface area contributed by atoms with Crippen molar-refractivity contribution in [1.82, 2.24) is 31.8 Å². The van der Waals surface area contributed by atoms with E-state index in [0.29, 0.717) is 44.7 Å². The Bertz CT molecular complexity index is 602. The summed E-state index contributed by atoms with van der Waals surface area (Å²) in [6, 6.07) is -0.670. The van der Waals surface area contributed by atoms with Crippen LogP contribution in [0.2, 0.25) is 0 Å². The molecule has 1 saturated heterocycles. The number of carbonyl (C=O) groups excluding carboxylic acids is 3. The maximum atomic E-state index is 12.5. The number of carbonyl (C=O) groups is 3. The summed E-state index contributed by atoms with van der Waals surface area (Å²) in [6.45, 7) is 8.30. The summed E-state index contributed by atoms with van der Waals surface area (Å²) in [4.78, 5) is 46.1. The zero-order chi connectivity index (χ0) is 23.2. The van der Waals surface area contributed by atoms with Crippen LogP contribution in [0.25, 0.3) is 0 Å².